The second-order valence-electron chi connectivity index (χ2n) is 6.71. The molecule has 152 valence electrons. The number of hydrogen-bond donors (Lipinski definition) is 1. The maximum atomic E-state index is 12.7. The van der Waals surface area contributed by atoms with E-state index in [-0.39, 0.29) is 16.5 Å². The Labute approximate surface area is 174 Å². The normalized spacial score (nSPS) is 15.4. The van der Waals surface area contributed by atoms with Crippen molar-refractivity contribution in [1.82, 2.24) is 4.31 Å². The fourth-order valence-electron chi connectivity index (χ4n) is 3.11. The molecule has 0 atom stereocenters. The van der Waals surface area contributed by atoms with Crippen molar-refractivity contribution in [2.75, 3.05) is 25.5 Å². The number of aryl methyl sites for hydroxylation is 1. The minimum atomic E-state index is -3.47. The third kappa shape index (κ3) is 4.68. The molecule has 1 amide bonds. The van der Waals surface area contributed by atoms with Crippen LogP contribution in [0, 0.1) is 6.92 Å². The van der Waals surface area contributed by atoms with E-state index < -0.39 is 10.0 Å². The molecule has 1 N–H and O–H groups in total. The van der Waals surface area contributed by atoms with Crippen molar-refractivity contribution < 1.29 is 17.9 Å². The number of anilines is 1. The van der Waals surface area contributed by atoms with Gasteiger partial charge in [-0.2, -0.15) is 4.31 Å². The van der Waals surface area contributed by atoms with E-state index >= 15 is 0 Å². The molecule has 1 fully saturated rings. The number of rotatable bonds is 6. The maximum absolute atomic E-state index is 12.7. The molecule has 28 heavy (non-hydrogen) atoms. The highest BCUT2D eigenvalue weighted by Crippen LogP contribution is 2.32. The summed E-state index contributed by atoms with van der Waals surface area (Å²) in [4.78, 5) is 13.1. The molecule has 6 nitrogen and oxygen atoms in total. The Bertz CT molecular complexity index is 966. The Morgan fingerprint density at radius 3 is 2.64 bits per heavy atom. The second-order valence-corrected chi connectivity index (χ2v) is 10.5. The van der Waals surface area contributed by atoms with E-state index in [9.17, 15) is 13.2 Å². The lowest BCUT2D eigenvalue weighted by Gasteiger charge is -2.25. The quantitative estimate of drug-likeness (QED) is 0.731. The summed E-state index contributed by atoms with van der Waals surface area (Å²) in [5.41, 5.74) is 1.36. The number of halogens is 1. The molecule has 1 saturated heterocycles. The molecular weight excluding hydrogens is 420 g/mol. The lowest BCUT2D eigenvalue weighted by molar-refractivity contribution is -0.115. The van der Waals surface area contributed by atoms with Gasteiger partial charge in [0.1, 0.15) is 9.96 Å². The molecule has 0 spiro atoms. The van der Waals surface area contributed by atoms with E-state index in [1.165, 1.54) is 11.4 Å². The van der Waals surface area contributed by atoms with Gasteiger partial charge in [0, 0.05) is 29.1 Å². The molecule has 0 radical (unpaired) electrons. The summed E-state index contributed by atoms with van der Waals surface area (Å²) in [6.07, 6.45) is 2.94. The number of ether oxygens (including phenoxy) is 1. The van der Waals surface area contributed by atoms with Crippen LogP contribution in [0.1, 0.15) is 29.7 Å². The molecule has 1 aromatic carbocycles. The van der Waals surface area contributed by atoms with Crippen LogP contribution in [0.4, 0.5) is 5.69 Å². The fraction of sp³-hybridized carbons (Fsp3) is 0.421. The number of carbonyl (C=O) groups is 1. The summed E-state index contributed by atoms with van der Waals surface area (Å²) in [5, 5.41) is 3.37. The standard InChI is InChI=1S/C19H23ClN2O4S2/c1-13-10-16(17(26-2)12-15(13)20)21-18(23)11-14-6-7-19(27-14)28(24,25)22-8-4-3-5-9-22/h6-7,10,12H,3-5,8-9,11H2,1-2H3,(H,21,23). The summed E-state index contributed by atoms with van der Waals surface area (Å²) >= 11 is 7.23. The van der Waals surface area contributed by atoms with Gasteiger partial charge in [0.2, 0.25) is 5.91 Å². The van der Waals surface area contributed by atoms with Crippen molar-refractivity contribution in [2.24, 2.45) is 0 Å². The summed E-state index contributed by atoms with van der Waals surface area (Å²) in [7, 11) is -1.96. The number of piperidine rings is 1. The van der Waals surface area contributed by atoms with Crippen molar-refractivity contribution >= 4 is 44.6 Å². The predicted molar refractivity (Wildman–Crippen MR) is 112 cm³/mol. The molecule has 0 saturated carbocycles. The molecule has 1 aromatic heterocycles. The highest BCUT2D eigenvalue weighted by atomic mass is 35.5. The van der Waals surface area contributed by atoms with Crippen molar-refractivity contribution in [3.8, 4) is 5.75 Å². The number of hydrogen-bond acceptors (Lipinski definition) is 5. The van der Waals surface area contributed by atoms with E-state index in [2.05, 4.69) is 5.32 Å². The molecule has 9 heteroatoms. The van der Waals surface area contributed by atoms with Crippen LogP contribution in [0.25, 0.3) is 0 Å². The molecular formula is C19H23ClN2O4S2. The first-order chi connectivity index (χ1) is 13.3. The monoisotopic (exact) mass is 442 g/mol. The number of benzene rings is 1. The van der Waals surface area contributed by atoms with Crippen LogP contribution in [-0.4, -0.2) is 38.8 Å². The van der Waals surface area contributed by atoms with Crippen LogP contribution >= 0.6 is 22.9 Å². The second kappa shape index (κ2) is 8.82. The number of methoxy groups -OCH3 is 1. The number of carbonyl (C=O) groups excluding carboxylic acids is 1. The molecule has 0 aliphatic carbocycles. The lowest BCUT2D eigenvalue weighted by atomic mass is 10.2. The number of nitrogens with zero attached hydrogens (tertiary/aromatic N) is 1. The minimum absolute atomic E-state index is 0.0883. The van der Waals surface area contributed by atoms with Gasteiger partial charge >= 0.3 is 0 Å². The molecule has 1 aliphatic rings. The molecule has 3 rings (SSSR count). The van der Waals surface area contributed by atoms with Crippen LogP contribution in [-0.2, 0) is 21.2 Å². The highest BCUT2D eigenvalue weighted by molar-refractivity contribution is 7.91. The Kier molecular flexibility index (Phi) is 6.65. The van der Waals surface area contributed by atoms with Gasteiger partial charge in [-0.1, -0.05) is 18.0 Å². The molecule has 2 heterocycles. The highest BCUT2D eigenvalue weighted by Gasteiger charge is 2.27. The van der Waals surface area contributed by atoms with Gasteiger partial charge in [0.15, 0.2) is 0 Å². The first-order valence-corrected chi connectivity index (χ1v) is 11.7. The number of nitrogens with one attached hydrogen (secondary N) is 1. The van der Waals surface area contributed by atoms with E-state index in [0.29, 0.717) is 34.4 Å². The first-order valence-electron chi connectivity index (χ1n) is 9.04. The zero-order valence-electron chi connectivity index (χ0n) is 15.8. The van der Waals surface area contributed by atoms with Gasteiger partial charge in [-0.25, -0.2) is 8.42 Å². The smallest absolute Gasteiger partial charge is 0.252 e. The number of amides is 1. The fourth-order valence-corrected chi connectivity index (χ4v) is 6.29. The minimum Gasteiger partial charge on any atom is -0.495 e. The van der Waals surface area contributed by atoms with E-state index in [1.54, 1.807) is 24.3 Å². The molecule has 1 aliphatic heterocycles. The number of thiophene rings is 1. The van der Waals surface area contributed by atoms with Crippen molar-refractivity contribution in [1.29, 1.82) is 0 Å². The Balaban J connectivity index is 1.70. The Morgan fingerprint density at radius 2 is 1.96 bits per heavy atom. The Hall–Kier alpha value is -1.61. The zero-order chi connectivity index (χ0) is 20.3. The maximum Gasteiger partial charge on any atom is 0.252 e. The van der Waals surface area contributed by atoms with Gasteiger partial charge in [-0.15, -0.1) is 11.3 Å². The third-order valence-corrected chi connectivity index (χ3v) is 8.49. The van der Waals surface area contributed by atoms with Crippen molar-refractivity contribution in [3.05, 3.63) is 39.7 Å². The van der Waals surface area contributed by atoms with Gasteiger partial charge in [0.05, 0.1) is 19.2 Å². The molecule has 2 aromatic rings. The summed E-state index contributed by atoms with van der Waals surface area (Å²) < 4.78 is 32.6. The Morgan fingerprint density at radius 1 is 1.25 bits per heavy atom. The number of sulfonamides is 1. The average Bonchev–Trinajstić information content (AvgIpc) is 3.14. The van der Waals surface area contributed by atoms with Gasteiger partial charge in [-0.3, -0.25) is 4.79 Å². The van der Waals surface area contributed by atoms with Crippen LogP contribution in [0.5, 0.6) is 5.75 Å². The van der Waals surface area contributed by atoms with Gasteiger partial charge in [0.25, 0.3) is 10.0 Å². The van der Waals surface area contributed by atoms with E-state index in [0.717, 1.165) is 36.2 Å². The van der Waals surface area contributed by atoms with Crippen LogP contribution < -0.4 is 10.1 Å². The molecule has 0 unspecified atom stereocenters. The predicted octanol–water partition coefficient (Wildman–Crippen LogP) is 4.07. The van der Waals surface area contributed by atoms with E-state index in [4.69, 9.17) is 16.3 Å². The zero-order valence-corrected chi connectivity index (χ0v) is 18.2. The average molecular weight is 443 g/mol. The van der Waals surface area contributed by atoms with Crippen molar-refractivity contribution in [2.45, 2.75) is 36.8 Å². The van der Waals surface area contributed by atoms with Crippen LogP contribution in [0.3, 0.4) is 0 Å². The SMILES string of the molecule is COc1cc(Cl)c(C)cc1NC(=O)Cc1ccc(S(=O)(=O)N2CCCCC2)s1. The first kappa shape index (κ1) is 21.1. The summed E-state index contributed by atoms with van der Waals surface area (Å²) in [6.45, 7) is 2.96. The summed E-state index contributed by atoms with van der Waals surface area (Å²) in [5.74, 6) is 0.229. The van der Waals surface area contributed by atoms with Crippen LogP contribution in [0.2, 0.25) is 5.02 Å². The van der Waals surface area contributed by atoms with Crippen LogP contribution in [0.15, 0.2) is 28.5 Å². The van der Waals surface area contributed by atoms with Gasteiger partial charge in [-0.05, 0) is 43.5 Å². The topological polar surface area (TPSA) is 75.7 Å². The lowest BCUT2D eigenvalue weighted by Crippen LogP contribution is -2.35. The third-order valence-electron chi connectivity index (χ3n) is 4.64. The largest absolute Gasteiger partial charge is 0.495 e. The van der Waals surface area contributed by atoms with Gasteiger partial charge < -0.3 is 10.1 Å². The van der Waals surface area contributed by atoms with E-state index in [1.807, 2.05) is 6.92 Å². The summed E-state index contributed by atoms with van der Waals surface area (Å²) in [6, 6.07) is 6.69. The van der Waals surface area contributed by atoms with Crippen molar-refractivity contribution in [3.63, 3.8) is 0 Å². The molecule has 0 bridgehead atoms.